The Kier molecular flexibility index (Phi) is 17.8. The first-order valence-electron chi connectivity index (χ1n) is 10.4. The summed E-state index contributed by atoms with van der Waals surface area (Å²) < 4.78 is 0. The molecule has 0 amide bonds. The normalized spacial score (nSPS) is 10.9. The van der Waals surface area contributed by atoms with Gasteiger partial charge in [-0.2, -0.15) is 0 Å². The van der Waals surface area contributed by atoms with Crippen LogP contribution in [0.15, 0.2) is 0 Å². The summed E-state index contributed by atoms with van der Waals surface area (Å²) in [5.41, 5.74) is 0. The van der Waals surface area contributed by atoms with Crippen molar-refractivity contribution >= 4 is 11.8 Å². The highest BCUT2D eigenvalue weighted by molar-refractivity contribution is 5.94. The average Bonchev–Trinajstić information content (AvgIpc) is 2.53. The van der Waals surface area contributed by atoms with E-state index in [1.807, 2.05) is 0 Å². The Hall–Kier alpha value is -0.860. The third-order valence-electron chi connectivity index (χ3n) is 4.66. The van der Waals surface area contributed by atoms with Crippen molar-refractivity contribution in [3.8, 4) is 0 Å². The number of hydrogen-bond acceptors (Lipinski definition) is 2. The fourth-order valence-electron chi connectivity index (χ4n) is 3.13. The van der Waals surface area contributed by atoms with Gasteiger partial charge in [0.25, 0.3) is 0 Å². The molecule has 0 saturated heterocycles. The monoisotopic (exact) mass is 340 g/mol. The molecule has 142 valence electrons. The lowest BCUT2D eigenvalue weighted by molar-refractivity contribution is -0.140. The Morgan fingerprint density at radius 3 is 1.25 bits per heavy atom. The van der Waals surface area contributed by atoms with Gasteiger partial charge in [-0.1, -0.05) is 103 Å². The Morgan fingerprint density at radius 2 is 0.917 bits per heavy atom. The maximum absolute atomic E-state index is 11.2. The molecule has 0 atom stereocenters. The summed E-state index contributed by atoms with van der Waals surface area (Å²) in [6.45, 7) is 2.27. The van der Waals surface area contributed by atoms with Crippen LogP contribution in [-0.4, -0.2) is 16.9 Å². The predicted octanol–water partition coefficient (Wildman–Crippen LogP) is 6.68. The first-order chi connectivity index (χ1) is 11.7. The van der Waals surface area contributed by atoms with Crippen molar-refractivity contribution in [1.82, 2.24) is 0 Å². The molecule has 3 nitrogen and oxygen atoms in total. The number of rotatable bonds is 19. The van der Waals surface area contributed by atoms with E-state index in [0.717, 1.165) is 12.8 Å². The SMILES string of the molecule is CCCCCCCCCCCCCCCCCCC(=O)CC(=O)O. The minimum absolute atomic E-state index is 0.132. The zero-order valence-electron chi connectivity index (χ0n) is 16.0. The molecular weight excluding hydrogens is 300 g/mol. The highest BCUT2D eigenvalue weighted by atomic mass is 16.4. The van der Waals surface area contributed by atoms with Crippen LogP contribution in [0, 0.1) is 0 Å². The van der Waals surface area contributed by atoms with E-state index >= 15 is 0 Å². The minimum atomic E-state index is -1.00. The number of ketones is 1. The Morgan fingerprint density at radius 1 is 0.583 bits per heavy atom. The van der Waals surface area contributed by atoms with Crippen molar-refractivity contribution in [2.75, 3.05) is 0 Å². The van der Waals surface area contributed by atoms with Crippen molar-refractivity contribution in [3.05, 3.63) is 0 Å². The summed E-state index contributed by atoms with van der Waals surface area (Å²) in [7, 11) is 0. The molecular formula is C21H40O3. The highest BCUT2D eigenvalue weighted by Crippen LogP contribution is 2.14. The number of hydrogen-bond donors (Lipinski definition) is 1. The summed E-state index contributed by atoms with van der Waals surface area (Å²) in [5.74, 6) is -1.13. The molecule has 0 spiro atoms. The fourth-order valence-corrected chi connectivity index (χ4v) is 3.13. The maximum atomic E-state index is 11.2. The van der Waals surface area contributed by atoms with E-state index < -0.39 is 5.97 Å². The second-order valence-electron chi connectivity index (χ2n) is 7.16. The number of unbranched alkanes of at least 4 members (excludes halogenated alkanes) is 15. The van der Waals surface area contributed by atoms with Crippen LogP contribution >= 0.6 is 0 Å². The van der Waals surface area contributed by atoms with Crippen molar-refractivity contribution in [3.63, 3.8) is 0 Å². The van der Waals surface area contributed by atoms with E-state index in [9.17, 15) is 9.59 Å². The Balaban J connectivity index is 3.07. The predicted molar refractivity (Wildman–Crippen MR) is 101 cm³/mol. The lowest BCUT2D eigenvalue weighted by Gasteiger charge is -2.03. The Bertz CT molecular complexity index is 299. The molecule has 3 heteroatoms. The lowest BCUT2D eigenvalue weighted by Crippen LogP contribution is -2.05. The second kappa shape index (κ2) is 18.5. The van der Waals surface area contributed by atoms with Crippen LogP contribution in [0.2, 0.25) is 0 Å². The molecule has 0 aliphatic rings. The zero-order valence-corrected chi connectivity index (χ0v) is 16.0. The summed E-state index contributed by atoms with van der Waals surface area (Å²) in [6, 6.07) is 0. The van der Waals surface area contributed by atoms with Crippen molar-refractivity contribution in [2.24, 2.45) is 0 Å². The van der Waals surface area contributed by atoms with Crippen LogP contribution in [0.1, 0.15) is 122 Å². The largest absolute Gasteiger partial charge is 0.481 e. The maximum Gasteiger partial charge on any atom is 0.310 e. The molecule has 0 aromatic carbocycles. The van der Waals surface area contributed by atoms with Gasteiger partial charge in [-0.3, -0.25) is 9.59 Å². The van der Waals surface area contributed by atoms with E-state index in [2.05, 4.69) is 6.92 Å². The van der Waals surface area contributed by atoms with Crippen LogP contribution in [0.5, 0.6) is 0 Å². The van der Waals surface area contributed by atoms with Crippen LogP contribution in [-0.2, 0) is 9.59 Å². The van der Waals surface area contributed by atoms with Crippen molar-refractivity contribution in [1.29, 1.82) is 0 Å². The third kappa shape index (κ3) is 19.2. The van der Waals surface area contributed by atoms with E-state index in [1.165, 1.54) is 89.9 Å². The number of carbonyl (C=O) groups excluding carboxylic acids is 1. The minimum Gasteiger partial charge on any atom is -0.481 e. The molecule has 0 saturated carbocycles. The van der Waals surface area contributed by atoms with Gasteiger partial charge >= 0.3 is 5.97 Å². The summed E-state index contributed by atoms with van der Waals surface area (Å²) in [4.78, 5) is 21.6. The van der Waals surface area contributed by atoms with Gasteiger partial charge in [0.05, 0.1) is 0 Å². The lowest BCUT2D eigenvalue weighted by atomic mass is 10.0. The molecule has 0 aromatic rings. The second-order valence-corrected chi connectivity index (χ2v) is 7.16. The fraction of sp³-hybridized carbons (Fsp3) is 0.905. The summed E-state index contributed by atoms with van der Waals surface area (Å²) >= 11 is 0. The summed E-state index contributed by atoms with van der Waals surface area (Å²) in [6.07, 6.45) is 21.1. The van der Waals surface area contributed by atoms with Crippen molar-refractivity contribution in [2.45, 2.75) is 122 Å². The molecule has 0 rings (SSSR count). The van der Waals surface area contributed by atoms with Crippen molar-refractivity contribution < 1.29 is 14.7 Å². The van der Waals surface area contributed by atoms with Gasteiger partial charge in [0.15, 0.2) is 0 Å². The molecule has 0 bridgehead atoms. The molecule has 0 unspecified atom stereocenters. The van der Waals surface area contributed by atoms with E-state index in [1.54, 1.807) is 0 Å². The highest BCUT2D eigenvalue weighted by Gasteiger charge is 2.06. The molecule has 0 radical (unpaired) electrons. The molecule has 0 heterocycles. The summed E-state index contributed by atoms with van der Waals surface area (Å²) in [5, 5.41) is 8.50. The molecule has 24 heavy (non-hydrogen) atoms. The number of aliphatic carboxylic acids is 1. The van der Waals surface area contributed by atoms with Gasteiger partial charge in [-0.15, -0.1) is 0 Å². The number of carboxylic acids is 1. The van der Waals surface area contributed by atoms with Crippen LogP contribution in [0.3, 0.4) is 0 Å². The topological polar surface area (TPSA) is 54.4 Å². The zero-order chi connectivity index (χ0) is 17.9. The van der Waals surface area contributed by atoms with Gasteiger partial charge in [0, 0.05) is 6.42 Å². The smallest absolute Gasteiger partial charge is 0.310 e. The first-order valence-corrected chi connectivity index (χ1v) is 10.4. The third-order valence-corrected chi connectivity index (χ3v) is 4.66. The van der Waals surface area contributed by atoms with Gasteiger partial charge in [0.1, 0.15) is 12.2 Å². The number of carbonyl (C=O) groups is 2. The van der Waals surface area contributed by atoms with Gasteiger partial charge in [-0.05, 0) is 6.42 Å². The number of Topliss-reactive ketones (excluding diaryl/α,β-unsaturated/α-hetero) is 1. The quantitative estimate of drug-likeness (QED) is 0.211. The Labute approximate surface area is 149 Å². The van der Waals surface area contributed by atoms with E-state index in [0.29, 0.717) is 6.42 Å². The average molecular weight is 341 g/mol. The van der Waals surface area contributed by atoms with Crippen LogP contribution in [0.4, 0.5) is 0 Å². The van der Waals surface area contributed by atoms with Crippen LogP contribution in [0.25, 0.3) is 0 Å². The molecule has 0 aliphatic heterocycles. The molecule has 0 fully saturated rings. The molecule has 1 N–H and O–H groups in total. The van der Waals surface area contributed by atoms with E-state index in [-0.39, 0.29) is 12.2 Å². The van der Waals surface area contributed by atoms with Gasteiger partial charge in [-0.25, -0.2) is 0 Å². The first kappa shape index (κ1) is 23.1. The van der Waals surface area contributed by atoms with Gasteiger partial charge in [0.2, 0.25) is 0 Å². The van der Waals surface area contributed by atoms with Gasteiger partial charge < -0.3 is 5.11 Å². The molecule has 0 aliphatic carbocycles. The molecule has 0 aromatic heterocycles. The van der Waals surface area contributed by atoms with Crippen LogP contribution < -0.4 is 0 Å². The number of carboxylic acid groups (broad SMARTS) is 1. The standard InChI is InChI=1S/C21H40O3/c1-2-3-4-5-6-7-8-9-10-11-12-13-14-15-16-17-18-20(22)19-21(23)24/h2-19H2,1H3,(H,23,24). The van der Waals surface area contributed by atoms with E-state index in [4.69, 9.17) is 5.11 Å².